The summed E-state index contributed by atoms with van der Waals surface area (Å²) in [6.07, 6.45) is 1.89. The highest BCUT2D eigenvalue weighted by Gasteiger charge is 2.02. The van der Waals surface area contributed by atoms with Crippen LogP contribution in [0.3, 0.4) is 0 Å². The monoisotopic (exact) mass is 225 g/mol. The second kappa shape index (κ2) is 5.08. The van der Waals surface area contributed by atoms with E-state index in [9.17, 15) is 0 Å². The van der Waals surface area contributed by atoms with Crippen LogP contribution in [0.25, 0.3) is 11.3 Å². The van der Waals surface area contributed by atoms with E-state index in [1.807, 2.05) is 36.4 Å². The van der Waals surface area contributed by atoms with E-state index < -0.39 is 0 Å². The van der Waals surface area contributed by atoms with Crippen LogP contribution in [0.5, 0.6) is 5.75 Å². The summed E-state index contributed by atoms with van der Waals surface area (Å²) < 4.78 is 5.09. The molecule has 0 unspecified atom stereocenters. The average molecular weight is 225 g/mol. The minimum Gasteiger partial charge on any atom is -0.497 e. The highest BCUT2D eigenvalue weighted by Crippen LogP contribution is 2.20. The lowest BCUT2D eigenvalue weighted by Crippen LogP contribution is -1.94. The first kappa shape index (κ1) is 11.1. The molecule has 0 radical (unpaired) electrons. The van der Waals surface area contributed by atoms with Gasteiger partial charge < -0.3 is 4.74 Å². The summed E-state index contributed by atoms with van der Waals surface area (Å²) in [5.41, 5.74) is 1.79. The van der Waals surface area contributed by atoms with Crippen LogP contribution in [0, 0.1) is 11.3 Å². The Kier molecular flexibility index (Phi) is 3.31. The summed E-state index contributed by atoms with van der Waals surface area (Å²) in [6.45, 7) is 0. The van der Waals surface area contributed by atoms with Crippen LogP contribution in [0.15, 0.2) is 36.5 Å². The second-order valence-electron chi connectivity index (χ2n) is 3.42. The summed E-state index contributed by atoms with van der Waals surface area (Å²) in [5, 5.41) is 8.60. The number of nitrogens with zero attached hydrogens (tertiary/aromatic N) is 3. The van der Waals surface area contributed by atoms with Crippen LogP contribution in [0.2, 0.25) is 0 Å². The fourth-order valence-corrected chi connectivity index (χ4v) is 1.48. The molecule has 0 spiro atoms. The quantitative estimate of drug-likeness (QED) is 0.803. The molecule has 0 atom stereocenters. The lowest BCUT2D eigenvalue weighted by Gasteiger charge is -2.03. The summed E-state index contributed by atoms with van der Waals surface area (Å²) in [5.74, 6) is 1.35. The first-order valence-corrected chi connectivity index (χ1v) is 5.17. The normalized spacial score (nSPS) is 9.65. The third-order valence-electron chi connectivity index (χ3n) is 2.33. The van der Waals surface area contributed by atoms with Crippen LogP contribution in [0.1, 0.15) is 5.82 Å². The van der Waals surface area contributed by atoms with Crippen molar-refractivity contribution in [2.45, 2.75) is 6.42 Å². The number of hydrogen-bond acceptors (Lipinski definition) is 4. The molecule has 1 aromatic carbocycles. The van der Waals surface area contributed by atoms with Gasteiger partial charge in [0.2, 0.25) is 0 Å². The molecule has 0 aliphatic carbocycles. The maximum Gasteiger partial charge on any atom is 0.142 e. The molecule has 17 heavy (non-hydrogen) atoms. The first-order chi connectivity index (χ1) is 8.33. The fraction of sp³-hybridized carbons (Fsp3) is 0.154. The van der Waals surface area contributed by atoms with Crippen LogP contribution in [0.4, 0.5) is 0 Å². The molecule has 1 aromatic heterocycles. The average Bonchev–Trinajstić information content (AvgIpc) is 2.40. The van der Waals surface area contributed by atoms with Gasteiger partial charge in [0, 0.05) is 11.8 Å². The first-order valence-electron chi connectivity index (χ1n) is 5.17. The minimum atomic E-state index is 0.226. The van der Waals surface area contributed by atoms with Crippen molar-refractivity contribution in [3.8, 4) is 23.1 Å². The molecule has 1 heterocycles. The van der Waals surface area contributed by atoms with E-state index in [0.29, 0.717) is 5.82 Å². The molecule has 0 aliphatic heterocycles. The predicted octanol–water partition coefficient (Wildman–Crippen LogP) is 2.22. The molecule has 0 amide bonds. The molecular weight excluding hydrogens is 214 g/mol. The third kappa shape index (κ3) is 2.58. The van der Waals surface area contributed by atoms with Crippen molar-refractivity contribution in [1.29, 1.82) is 5.26 Å². The summed E-state index contributed by atoms with van der Waals surface area (Å²) >= 11 is 0. The number of nitriles is 1. The molecule has 84 valence electrons. The van der Waals surface area contributed by atoms with Crippen LogP contribution in [-0.4, -0.2) is 17.1 Å². The number of rotatable bonds is 3. The van der Waals surface area contributed by atoms with E-state index in [4.69, 9.17) is 10.00 Å². The molecule has 2 aromatic rings. The Morgan fingerprint density at radius 1 is 1.24 bits per heavy atom. The lowest BCUT2D eigenvalue weighted by atomic mass is 10.1. The zero-order valence-corrected chi connectivity index (χ0v) is 9.42. The smallest absolute Gasteiger partial charge is 0.142 e. The third-order valence-corrected chi connectivity index (χ3v) is 2.33. The number of aromatic nitrogens is 2. The Labute approximate surface area is 99.5 Å². The van der Waals surface area contributed by atoms with E-state index in [0.717, 1.165) is 17.0 Å². The van der Waals surface area contributed by atoms with Gasteiger partial charge in [-0.3, -0.25) is 0 Å². The van der Waals surface area contributed by atoms with Gasteiger partial charge in [-0.05, 0) is 30.3 Å². The van der Waals surface area contributed by atoms with Gasteiger partial charge in [0.15, 0.2) is 0 Å². The van der Waals surface area contributed by atoms with Crippen LogP contribution < -0.4 is 4.74 Å². The van der Waals surface area contributed by atoms with Crippen molar-refractivity contribution in [2.24, 2.45) is 0 Å². The topological polar surface area (TPSA) is 58.8 Å². The standard InChI is InChI=1S/C13H11N3O/c1-17-11-4-2-10(3-5-11)12-7-9-15-13(16-12)6-8-14/h2-5,7,9H,6H2,1H3. The van der Waals surface area contributed by atoms with Crippen LogP contribution in [-0.2, 0) is 6.42 Å². The molecule has 0 saturated carbocycles. The van der Waals surface area contributed by atoms with Gasteiger partial charge >= 0.3 is 0 Å². The zero-order valence-electron chi connectivity index (χ0n) is 9.42. The van der Waals surface area contributed by atoms with Gasteiger partial charge in [-0.15, -0.1) is 0 Å². The lowest BCUT2D eigenvalue weighted by molar-refractivity contribution is 0.415. The summed E-state index contributed by atoms with van der Waals surface area (Å²) in [6, 6.07) is 11.5. The Balaban J connectivity index is 2.32. The number of ether oxygens (including phenoxy) is 1. The van der Waals surface area contributed by atoms with E-state index in [1.54, 1.807) is 13.3 Å². The van der Waals surface area contributed by atoms with Gasteiger partial charge in [0.25, 0.3) is 0 Å². The Morgan fingerprint density at radius 2 is 2.00 bits per heavy atom. The largest absolute Gasteiger partial charge is 0.497 e. The van der Waals surface area contributed by atoms with Crippen molar-refractivity contribution >= 4 is 0 Å². The second-order valence-corrected chi connectivity index (χ2v) is 3.42. The van der Waals surface area contributed by atoms with Gasteiger partial charge in [0.1, 0.15) is 11.6 Å². The summed E-state index contributed by atoms with van der Waals surface area (Å²) in [7, 11) is 1.63. The van der Waals surface area contributed by atoms with E-state index in [2.05, 4.69) is 9.97 Å². The molecule has 0 fully saturated rings. The van der Waals surface area contributed by atoms with Gasteiger partial charge in [-0.1, -0.05) is 0 Å². The molecule has 4 nitrogen and oxygen atoms in total. The van der Waals surface area contributed by atoms with E-state index in [-0.39, 0.29) is 6.42 Å². The van der Waals surface area contributed by atoms with E-state index >= 15 is 0 Å². The number of methoxy groups -OCH3 is 1. The van der Waals surface area contributed by atoms with Crippen molar-refractivity contribution in [2.75, 3.05) is 7.11 Å². The van der Waals surface area contributed by atoms with Crippen molar-refractivity contribution < 1.29 is 4.74 Å². The van der Waals surface area contributed by atoms with E-state index in [1.165, 1.54) is 0 Å². The van der Waals surface area contributed by atoms with Crippen molar-refractivity contribution in [3.63, 3.8) is 0 Å². The zero-order chi connectivity index (χ0) is 12.1. The predicted molar refractivity (Wildman–Crippen MR) is 63.3 cm³/mol. The number of benzene rings is 1. The van der Waals surface area contributed by atoms with Gasteiger partial charge in [-0.2, -0.15) is 5.26 Å². The van der Waals surface area contributed by atoms with Gasteiger partial charge in [-0.25, -0.2) is 9.97 Å². The van der Waals surface area contributed by atoms with Crippen LogP contribution >= 0.6 is 0 Å². The summed E-state index contributed by atoms with van der Waals surface area (Å²) in [4.78, 5) is 8.34. The molecule has 0 aliphatic rings. The minimum absolute atomic E-state index is 0.226. The Morgan fingerprint density at radius 3 is 2.65 bits per heavy atom. The Hall–Kier alpha value is -2.41. The molecule has 2 rings (SSSR count). The SMILES string of the molecule is COc1ccc(-c2ccnc(CC#N)n2)cc1. The van der Waals surface area contributed by atoms with Crippen molar-refractivity contribution in [1.82, 2.24) is 9.97 Å². The maximum absolute atomic E-state index is 8.60. The molecule has 0 N–H and O–H groups in total. The molecule has 0 bridgehead atoms. The Bertz CT molecular complexity index is 543. The highest BCUT2D eigenvalue weighted by atomic mass is 16.5. The highest BCUT2D eigenvalue weighted by molar-refractivity contribution is 5.59. The maximum atomic E-state index is 8.60. The van der Waals surface area contributed by atoms with Gasteiger partial charge in [0.05, 0.1) is 25.3 Å². The van der Waals surface area contributed by atoms with Crippen molar-refractivity contribution in [3.05, 3.63) is 42.4 Å². The molecular formula is C13H11N3O. The fourth-order valence-electron chi connectivity index (χ4n) is 1.48. The molecule has 0 saturated heterocycles. The molecule has 4 heteroatoms. The number of hydrogen-bond donors (Lipinski definition) is 0.